The molecule has 0 aromatic carbocycles. The van der Waals surface area contributed by atoms with Crippen molar-refractivity contribution in [2.24, 2.45) is 4.99 Å². The predicted octanol–water partition coefficient (Wildman–Crippen LogP) is 2.77. The molecule has 0 saturated heterocycles. The van der Waals surface area contributed by atoms with Crippen molar-refractivity contribution in [1.82, 2.24) is 15.6 Å². The Kier molecular flexibility index (Phi) is 6.20. The van der Waals surface area contributed by atoms with Gasteiger partial charge in [-0.1, -0.05) is 0 Å². The summed E-state index contributed by atoms with van der Waals surface area (Å²) in [5, 5.41) is 12.2. The van der Waals surface area contributed by atoms with Gasteiger partial charge in [0.2, 0.25) is 0 Å². The van der Waals surface area contributed by atoms with Crippen LogP contribution in [-0.2, 0) is 12.8 Å². The standard InChI is InChI=1S/C15H22N4S2/c1-11-12(2)21-14(19-11)5-8-18-15(16-3)17-7-4-13-6-9-20-10-13/h6,9-10H,4-5,7-8H2,1-3H3,(H2,16,17,18). The number of guanidine groups is 1. The van der Waals surface area contributed by atoms with Crippen molar-refractivity contribution in [3.63, 3.8) is 0 Å². The van der Waals surface area contributed by atoms with Crippen LogP contribution in [0.25, 0.3) is 0 Å². The molecule has 0 amide bonds. The highest BCUT2D eigenvalue weighted by Crippen LogP contribution is 2.16. The number of thiophene rings is 1. The van der Waals surface area contributed by atoms with E-state index >= 15 is 0 Å². The molecule has 0 aliphatic rings. The Morgan fingerprint density at radius 2 is 2.00 bits per heavy atom. The van der Waals surface area contributed by atoms with Gasteiger partial charge in [0.25, 0.3) is 0 Å². The number of thiazole rings is 1. The maximum Gasteiger partial charge on any atom is 0.191 e. The molecule has 0 atom stereocenters. The van der Waals surface area contributed by atoms with E-state index in [-0.39, 0.29) is 0 Å². The lowest BCUT2D eigenvalue weighted by molar-refractivity contribution is 0.782. The number of hydrogen-bond acceptors (Lipinski definition) is 4. The van der Waals surface area contributed by atoms with Crippen LogP contribution in [0.4, 0.5) is 0 Å². The molecule has 0 spiro atoms. The zero-order valence-electron chi connectivity index (χ0n) is 12.8. The summed E-state index contributed by atoms with van der Waals surface area (Å²) in [5.41, 5.74) is 2.52. The molecule has 6 heteroatoms. The second-order valence-corrected chi connectivity index (χ2v) is 6.87. The van der Waals surface area contributed by atoms with E-state index in [1.165, 1.54) is 15.4 Å². The zero-order valence-corrected chi connectivity index (χ0v) is 14.4. The number of aliphatic imine (C=N–C) groups is 1. The maximum atomic E-state index is 4.55. The van der Waals surface area contributed by atoms with Crippen LogP contribution >= 0.6 is 22.7 Å². The van der Waals surface area contributed by atoms with Gasteiger partial charge >= 0.3 is 0 Å². The quantitative estimate of drug-likeness (QED) is 0.635. The average Bonchev–Trinajstić information content (AvgIpc) is 3.08. The highest BCUT2D eigenvalue weighted by Gasteiger charge is 2.04. The highest BCUT2D eigenvalue weighted by molar-refractivity contribution is 7.11. The zero-order chi connectivity index (χ0) is 15.1. The molecule has 0 aliphatic carbocycles. The van der Waals surface area contributed by atoms with Crippen molar-refractivity contribution < 1.29 is 0 Å². The van der Waals surface area contributed by atoms with Gasteiger partial charge in [0.1, 0.15) is 0 Å². The molecule has 2 N–H and O–H groups in total. The minimum absolute atomic E-state index is 0.852. The summed E-state index contributed by atoms with van der Waals surface area (Å²) in [6.45, 7) is 5.93. The summed E-state index contributed by atoms with van der Waals surface area (Å²) in [4.78, 5) is 10.1. The van der Waals surface area contributed by atoms with Crippen molar-refractivity contribution >= 4 is 28.6 Å². The highest BCUT2D eigenvalue weighted by atomic mass is 32.1. The Labute approximate surface area is 134 Å². The second kappa shape index (κ2) is 8.14. The molecule has 4 nitrogen and oxygen atoms in total. The molecule has 0 aliphatic heterocycles. The van der Waals surface area contributed by atoms with E-state index < -0.39 is 0 Å². The third-order valence-corrected chi connectivity index (χ3v) is 5.08. The third-order valence-electron chi connectivity index (χ3n) is 3.21. The van der Waals surface area contributed by atoms with Crippen LogP contribution < -0.4 is 10.6 Å². The van der Waals surface area contributed by atoms with Crippen molar-refractivity contribution in [3.8, 4) is 0 Å². The molecular weight excluding hydrogens is 300 g/mol. The summed E-state index contributed by atoms with van der Waals surface area (Å²) in [6.07, 6.45) is 1.96. The lowest BCUT2D eigenvalue weighted by atomic mass is 10.2. The summed E-state index contributed by atoms with van der Waals surface area (Å²) in [5.74, 6) is 0.857. The monoisotopic (exact) mass is 322 g/mol. The van der Waals surface area contributed by atoms with Crippen LogP contribution in [0, 0.1) is 13.8 Å². The number of rotatable bonds is 6. The van der Waals surface area contributed by atoms with Crippen LogP contribution in [-0.4, -0.2) is 31.1 Å². The average molecular weight is 323 g/mol. The minimum Gasteiger partial charge on any atom is -0.356 e. The first-order valence-corrected chi connectivity index (χ1v) is 8.83. The Morgan fingerprint density at radius 3 is 2.57 bits per heavy atom. The van der Waals surface area contributed by atoms with Gasteiger partial charge in [0.15, 0.2) is 5.96 Å². The lowest BCUT2D eigenvalue weighted by Gasteiger charge is -2.10. The van der Waals surface area contributed by atoms with Crippen LogP contribution in [0.5, 0.6) is 0 Å². The van der Waals surface area contributed by atoms with Crippen molar-refractivity contribution in [1.29, 1.82) is 0 Å². The molecule has 21 heavy (non-hydrogen) atoms. The molecule has 2 heterocycles. The molecule has 0 saturated carbocycles. The van der Waals surface area contributed by atoms with Gasteiger partial charge in [-0.25, -0.2) is 4.98 Å². The van der Waals surface area contributed by atoms with E-state index in [0.717, 1.165) is 37.6 Å². The number of nitrogens with one attached hydrogen (secondary N) is 2. The molecular formula is C15H22N4S2. The summed E-state index contributed by atoms with van der Waals surface area (Å²) >= 11 is 3.52. The van der Waals surface area contributed by atoms with Crippen LogP contribution in [0.15, 0.2) is 21.8 Å². The summed E-state index contributed by atoms with van der Waals surface area (Å²) < 4.78 is 0. The number of aryl methyl sites for hydroxylation is 2. The van der Waals surface area contributed by atoms with Crippen LogP contribution in [0.2, 0.25) is 0 Å². The number of nitrogens with zero attached hydrogens (tertiary/aromatic N) is 2. The van der Waals surface area contributed by atoms with E-state index in [1.807, 2.05) is 0 Å². The predicted molar refractivity (Wildman–Crippen MR) is 92.7 cm³/mol. The second-order valence-electron chi connectivity index (χ2n) is 4.81. The smallest absolute Gasteiger partial charge is 0.191 e. The minimum atomic E-state index is 0.852. The van der Waals surface area contributed by atoms with Crippen LogP contribution in [0.3, 0.4) is 0 Å². The lowest BCUT2D eigenvalue weighted by Crippen LogP contribution is -2.39. The molecule has 0 fully saturated rings. The molecule has 2 rings (SSSR count). The van der Waals surface area contributed by atoms with Crippen molar-refractivity contribution in [2.75, 3.05) is 20.1 Å². The Morgan fingerprint density at radius 1 is 1.24 bits per heavy atom. The first-order chi connectivity index (χ1) is 10.2. The molecule has 0 unspecified atom stereocenters. The Hall–Kier alpha value is -1.40. The van der Waals surface area contributed by atoms with Gasteiger partial charge in [-0.3, -0.25) is 4.99 Å². The Balaban J connectivity index is 1.68. The molecule has 2 aromatic heterocycles. The van der Waals surface area contributed by atoms with E-state index in [2.05, 4.69) is 51.3 Å². The van der Waals surface area contributed by atoms with Gasteiger partial charge in [-0.15, -0.1) is 11.3 Å². The van der Waals surface area contributed by atoms with E-state index in [4.69, 9.17) is 0 Å². The SMILES string of the molecule is CN=C(NCCc1ccsc1)NCCc1nc(C)c(C)s1. The fourth-order valence-electron chi connectivity index (χ4n) is 1.91. The van der Waals surface area contributed by atoms with Crippen molar-refractivity contribution in [3.05, 3.63) is 38.0 Å². The first-order valence-electron chi connectivity index (χ1n) is 7.07. The van der Waals surface area contributed by atoms with Crippen LogP contribution in [0.1, 0.15) is 21.1 Å². The molecule has 0 radical (unpaired) electrons. The summed E-state index contributed by atoms with van der Waals surface area (Å²) in [7, 11) is 1.80. The van der Waals surface area contributed by atoms with E-state index in [0.29, 0.717) is 0 Å². The maximum absolute atomic E-state index is 4.55. The summed E-state index contributed by atoms with van der Waals surface area (Å²) in [6, 6.07) is 2.16. The number of aromatic nitrogens is 1. The van der Waals surface area contributed by atoms with Gasteiger partial charge in [-0.2, -0.15) is 11.3 Å². The normalized spacial score (nSPS) is 11.7. The molecule has 2 aromatic rings. The van der Waals surface area contributed by atoms with Crippen molar-refractivity contribution in [2.45, 2.75) is 26.7 Å². The van der Waals surface area contributed by atoms with E-state index in [9.17, 15) is 0 Å². The van der Waals surface area contributed by atoms with Gasteiger partial charge < -0.3 is 10.6 Å². The molecule has 114 valence electrons. The van der Waals surface area contributed by atoms with Gasteiger partial charge in [-0.05, 0) is 42.7 Å². The Bertz CT molecular complexity index is 553. The molecule has 0 bridgehead atoms. The first kappa shape index (κ1) is 16.0. The fraction of sp³-hybridized carbons (Fsp3) is 0.467. The van der Waals surface area contributed by atoms with Gasteiger partial charge in [0.05, 0.1) is 10.7 Å². The number of hydrogen-bond donors (Lipinski definition) is 2. The fourth-order valence-corrected chi connectivity index (χ4v) is 3.55. The van der Waals surface area contributed by atoms with Gasteiger partial charge in [0, 0.05) is 31.4 Å². The largest absolute Gasteiger partial charge is 0.356 e. The van der Waals surface area contributed by atoms with E-state index in [1.54, 1.807) is 29.7 Å². The third kappa shape index (κ3) is 5.13. The topological polar surface area (TPSA) is 49.3 Å².